The van der Waals surface area contributed by atoms with Gasteiger partial charge in [-0.25, -0.2) is 24.7 Å². The minimum Gasteiger partial charge on any atom is -1.00 e. The molecule has 0 spiro atoms. The van der Waals surface area contributed by atoms with Crippen molar-refractivity contribution in [1.82, 2.24) is 30.6 Å². The Kier molecular flexibility index (Phi) is 16.5. The topological polar surface area (TPSA) is 135 Å². The number of carbonyl (C=O) groups is 1. The SMILES string of the molecule is C1CCOC1.CC(C)(C)OC(=O)NC1CCC(Nc2ncnc3sc4c(c23)CCC4)CC1.CNC1CCC(Nc2ncnc3sc4c(c23)CCC4)CC1.[AlH3].[H-].[Li+]. The second-order valence-electron chi connectivity index (χ2n) is 16.2. The van der Waals surface area contributed by atoms with E-state index in [1.807, 2.05) is 43.4 Å². The molecule has 9 rings (SSSR count). The number of ether oxygens (including phenoxy) is 2. The molecule has 0 atom stereocenters. The predicted molar refractivity (Wildman–Crippen MR) is 228 cm³/mol. The van der Waals surface area contributed by atoms with Crippen LogP contribution in [0.5, 0.6) is 0 Å². The predicted octanol–water partition coefficient (Wildman–Crippen LogP) is 4.28. The number of amides is 1. The van der Waals surface area contributed by atoms with Crippen molar-refractivity contribution in [3.05, 3.63) is 33.5 Å². The monoisotopic (exact) mass is 800 g/mol. The van der Waals surface area contributed by atoms with E-state index >= 15 is 0 Å². The summed E-state index contributed by atoms with van der Waals surface area (Å²) in [5, 5.41) is 16.3. The summed E-state index contributed by atoms with van der Waals surface area (Å²) in [4.78, 5) is 35.3. The first kappa shape index (κ1) is 44.1. The number of rotatable bonds is 6. The van der Waals surface area contributed by atoms with E-state index in [2.05, 4.69) is 48.3 Å². The van der Waals surface area contributed by atoms with E-state index < -0.39 is 5.60 Å². The molecule has 1 amide bonds. The molecule has 15 heteroatoms. The number of anilines is 2. The molecule has 4 N–H and O–H groups in total. The van der Waals surface area contributed by atoms with Crippen LogP contribution in [0.3, 0.4) is 0 Å². The Labute approximate surface area is 358 Å². The first-order valence-corrected chi connectivity index (χ1v) is 21.7. The van der Waals surface area contributed by atoms with Crippen LogP contribution in [-0.2, 0) is 35.2 Å². The Morgan fingerprint density at radius 3 is 1.58 bits per heavy atom. The van der Waals surface area contributed by atoms with E-state index in [1.165, 1.54) is 107 Å². The minimum absolute atomic E-state index is 0. The van der Waals surface area contributed by atoms with Gasteiger partial charge >= 0.3 is 25.0 Å². The first-order chi connectivity index (χ1) is 25.7. The van der Waals surface area contributed by atoms with Crippen LogP contribution < -0.4 is 40.1 Å². The molecular weight excluding hydrogens is 739 g/mol. The fourth-order valence-electron chi connectivity index (χ4n) is 8.36. The van der Waals surface area contributed by atoms with Crippen molar-refractivity contribution in [3.63, 3.8) is 0 Å². The number of thiophene rings is 2. The normalized spacial score (nSPS) is 22.8. The van der Waals surface area contributed by atoms with Gasteiger partial charge in [-0.1, -0.05) is 0 Å². The van der Waals surface area contributed by atoms with Crippen molar-refractivity contribution in [2.45, 2.75) is 153 Å². The average molecular weight is 801 g/mol. The van der Waals surface area contributed by atoms with Gasteiger partial charge in [-0.2, -0.15) is 0 Å². The van der Waals surface area contributed by atoms with Crippen LogP contribution in [0.4, 0.5) is 16.4 Å². The summed E-state index contributed by atoms with van der Waals surface area (Å²) in [6.07, 6.45) is 21.8. The van der Waals surface area contributed by atoms with E-state index in [1.54, 1.807) is 12.7 Å². The smallest absolute Gasteiger partial charge is 1.00 e. The molecule has 296 valence electrons. The van der Waals surface area contributed by atoms with Gasteiger partial charge in [0.1, 0.15) is 39.6 Å². The average Bonchev–Trinajstić information content (AvgIpc) is 3.98. The molecule has 1 aliphatic heterocycles. The van der Waals surface area contributed by atoms with Crippen molar-refractivity contribution >= 4 is 78.2 Å². The molecule has 0 aromatic carbocycles. The fraction of sp³-hybridized carbons (Fsp3) is 0.675. The first-order valence-electron chi connectivity index (χ1n) is 20.0. The number of aryl methyl sites for hydroxylation is 4. The molecule has 4 aliphatic carbocycles. The van der Waals surface area contributed by atoms with Gasteiger partial charge < -0.3 is 32.2 Å². The van der Waals surface area contributed by atoms with Gasteiger partial charge in [-0.3, -0.25) is 0 Å². The number of hydrogen-bond donors (Lipinski definition) is 4. The third-order valence-electron chi connectivity index (χ3n) is 11.1. The number of aromatic nitrogens is 4. The van der Waals surface area contributed by atoms with Gasteiger partial charge in [0.25, 0.3) is 0 Å². The third kappa shape index (κ3) is 11.6. The Morgan fingerprint density at radius 2 is 1.16 bits per heavy atom. The van der Waals surface area contributed by atoms with E-state index in [0.717, 1.165) is 61.8 Å². The molecule has 4 aromatic rings. The molecule has 11 nitrogen and oxygen atoms in total. The van der Waals surface area contributed by atoms with Crippen molar-refractivity contribution in [2.24, 2.45) is 0 Å². The van der Waals surface area contributed by atoms with E-state index in [0.29, 0.717) is 18.1 Å². The summed E-state index contributed by atoms with van der Waals surface area (Å²) < 4.78 is 10.3. The maximum atomic E-state index is 12.0. The quantitative estimate of drug-likeness (QED) is 0.210. The number of nitrogens with one attached hydrogen (secondary N) is 4. The molecule has 55 heavy (non-hydrogen) atoms. The van der Waals surface area contributed by atoms with E-state index in [4.69, 9.17) is 9.47 Å². The van der Waals surface area contributed by atoms with Crippen molar-refractivity contribution in [1.29, 1.82) is 0 Å². The van der Waals surface area contributed by atoms with Gasteiger partial charge in [0.05, 0.1) is 10.8 Å². The van der Waals surface area contributed by atoms with Crippen molar-refractivity contribution < 1.29 is 34.6 Å². The van der Waals surface area contributed by atoms with E-state index in [-0.39, 0.29) is 49.8 Å². The molecule has 5 heterocycles. The standard InChI is InChI=1S/C20H28N4O2S.C16H22N4S.C4H8O.Al.Li.4H/c1-20(2,3)26-19(25)24-13-9-7-12(8-10-13)23-17-16-14-5-4-6-15(14)27-18(16)22-11-21-17;1-17-10-5-7-11(8-6-10)20-15-14-12-3-2-4-13(12)21-16(14)19-9-18-15;1-2-4-5-3-1;;;;;;/h11-13H,4-10H2,1-3H3,(H,24,25)(H,21,22,23);9-11,17H,2-8H2,1H3,(H,18,19,20);1-4H2;;;;;;/q;;;;+1;;;;-1. The molecule has 2 saturated carbocycles. The number of alkyl carbamates (subject to hydrolysis) is 1. The van der Waals surface area contributed by atoms with Gasteiger partial charge in [0.15, 0.2) is 17.4 Å². The Hall–Kier alpha value is -2.00. The Balaban J connectivity index is 0.000000215. The minimum atomic E-state index is -0.456. The summed E-state index contributed by atoms with van der Waals surface area (Å²) in [6.45, 7) is 7.66. The summed E-state index contributed by atoms with van der Waals surface area (Å²) in [6, 6.07) is 1.83. The zero-order valence-corrected chi connectivity index (χ0v) is 34.7. The van der Waals surface area contributed by atoms with Crippen LogP contribution in [0.25, 0.3) is 20.4 Å². The molecular formula is C40H62AlLiN8O3S2. The van der Waals surface area contributed by atoms with Crippen LogP contribution in [0.2, 0.25) is 0 Å². The van der Waals surface area contributed by atoms with Crippen LogP contribution in [0.1, 0.15) is 120 Å². The fourth-order valence-corrected chi connectivity index (χ4v) is 10.8. The summed E-state index contributed by atoms with van der Waals surface area (Å²) in [5.41, 5.74) is 2.52. The van der Waals surface area contributed by atoms with E-state index in [9.17, 15) is 4.79 Å². The van der Waals surface area contributed by atoms with Gasteiger partial charge in [-0.05, 0) is 142 Å². The Bertz CT molecular complexity index is 1830. The van der Waals surface area contributed by atoms with Gasteiger partial charge in [-0.15, -0.1) is 22.7 Å². The number of carbonyl (C=O) groups excluding carboxylic acids is 1. The van der Waals surface area contributed by atoms with Crippen LogP contribution in [0.15, 0.2) is 12.7 Å². The summed E-state index contributed by atoms with van der Waals surface area (Å²) in [7, 11) is 2.07. The number of fused-ring (bicyclic) bond motifs is 6. The molecule has 1 saturated heterocycles. The van der Waals surface area contributed by atoms with Crippen LogP contribution >= 0.6 is 22.7 Å². The zero-order chi connectivity index (χ0) is 36.8. The molecule has 3 fully saturated rings. The number of hydrogen-bond acceptors (Lipinski definition) is 12. The van der Waals surface area contributed by atoms with Crippen molar-refractivity contribution in [3.8, 4) is 0 Å². The van der Waals surface area contributed by atoms with Gasteiger partial charge in [0, 0.05) is 47.1 Å². The third-order valence-corrected chi connectivity index (χ3v) is 13.5. The zero-order valence-electron chi connectivity index (χ0n) is 34.0. The number of nitrogens with zero attached hydrogens (tertiary/aromatic N) is 4. The second kappa shape index (κ2) is 20.6. The molecule has 0 radical (unpaired) electrons. The maximum absolute atomic E-state index is 12.0. The molecule has 0 bridgehead atoms. The molecule has 0 unspecified atom stereocenters. The molecule has 5 aliphatic rings. The summed E-state index contributed by atoms with van der Waals surface area (Å²) >= 11 is 3.69. The van der Waals surface area contributed by atoms with Crippen LogP contribution in [-0.4, -0.2) is 93.4 Å². The second-order valence-corrected chi connectivity index (χ2v) is 18.3. The maximum Gasteiger partial charge on any atom is 1.00 e. The van der Waals surface area contributed by atoms with Crippen LogP contribution in [0, 0.1) is 0 Å². The molecule has 4 aromatic heterocycles. The largest absolute Gasteiger partial charge is 1.00 e. The Morgan fingerprint density at radius 1 is 0.709 bits per heavy atom. The van der Waals surface area contributed by atoms with Gasteiger partial charge in [0.2, 0.25) is 0 Å². The van der Waals surface area contributed by atoms with Crippen molar-refractivity contribution in [2.75, 3.05) is 30.9 Å². The summed E-state index contributed by atoms with van der Waals surface area (Å²) in [5.74, 6) is 2.07.